The first-order valence-corrected chi connectivity index (χ1v) is 5.77. The van der Waals surface area contributed by atoms with Crippen molar-refractivity contribution in [3.8, 4) is 0 Å². The number of hydrogen-bond acceptors (Lipinski definition) is 1. The summed E-state index contributed by atoms with van der Waals surface area (Å²) in [6.45, 7) is 9.77. The molecule has 1 aromatic rings. The van der Waals surface area contributed by atoms with Gasteiger partial charge >= 0.3 is 0 Å². The lowest BCUT2D eigenvalue weighted by molar-refractivity contribution is 0.390. The molecule has 0 unspecified atom stereocenters. The molecule has 15 heavy (non-hydrogen) atoms. The van der Waals surface area contributed by atoms with Gasteiger partial charge in [0.1, 0.15) is 0 Å². The molecule has 84 valence electrons. The Balaban J connectivity index is 2.58. The number of halogens is 1. The van der Waals surface area contributed by atoms with Crippen LogP contribution in [0.3, 0.4) is 0 Å². The molecule has 0 aromatic heterocycles. The van der Waals surface area contributed by atoms with Gasteiger partial charge in [0.25, 0.3) is 0 Å². The van der Waals surface area contributed by atoms with Gasteiger partial charge in [0.05, 0.1) is 10.7 Å². The van der Waals surface area contributed by atoms with E-state index >= 15 is 0 Å². The zero-order valence-corrected chi connectivity index (χ0v) is 10.8. The average Bonchev–Trinajstić information content (AvgIpc) is 2.08. The van der Waals surface area contributed by atoms with Gasteiger partial charge in [0.15, 0.2) is 0 Å². The van der Waals surface area contributed by atoms with Gasteiger partial charge in [-0.2, -0.15) is 0 Å². The Morgan fingerprint density at radius 2 is 1.93 bits per heavy atom. The highest BCUT2D eigenvalue weighted by Crippen LogP contribution is 2.26. The van der Waals surface area contributed by atoms with Crippen LogP contribution in [0.2, 0.25) is 5.02 Å². The minimum Gasteiger partial charge on any atom is -0.384 e. The highest BCUT2D eigenvalue weighted by Gasteiger charge is 2.10. The van der Waals surface area contributed by atoms with Gasteiger partial charge in [-0.3, -0.25) is 0 Å². The van der Waals surface area contributed by atoms with E-state index in [1.165, 1.54) is 5.56 Å². The number of hydrogen-bond donors (Lipinski definition) is 1. The number of benzene rings is 1. The Hall–Kier alpha value is -0.690. The molecule has 0 radical (unpaired) electrons. The smallest absolute Gasteiger partial charge is 0.0640 e. The van der Waals surface area contributed by atoms with Crippen LogP contribution in [0.5, 0.6) is 0 Å². The van der Waals surface area contributed by atoms with Crippen molar-refractivity contribution in [1.29, 1.82) is 0 Å². The number of nitrogens with one attached hydrogen (secondary N) is 1. The van der Waals surface area contributed by atoms with Crippen molar-refractivity contribution < 1.29 is 0 Å². The van der Waals surface area contributed by atoms with Crippen molar-refractivity contribution in [2.75, 3.05) is 11.9 Å². The van der Waals surface area contributed by atoms with Gasteiger partial charge in [-0.05, 0) is 30.4 Å². The molecule has 0 atom stereocenters. The van der Waals surface area contributed by atoms with Crippen LogP contribution < -0.4 is 5.32 Å². The second-order valence-corrected chi connectivity index (χ2v) is 5.58. The van der Waals surface area contributed by atoms with Gasteiger partial charge < -0.3 is 5.32 Å². The molecule has 0 aliphatic carbocycles. The molecule has 1 nitrogen and oxygen atoms in total. The van der Waals surface area contributed by atoms with Crippen molar-refractivity contribution in [2.24, 2.45) is 5.41 Å². The molecule has 0 amide bonds. The molecule has 1 aromatic carbocycles. The maximum atomic E-state index is 6.12. The fraction of sp³-hybridized carbons (Fsp3) is 0.538. The third kappa shape index (κ3) is 4.13. The first-order chi connectivity index (χ1) is 6.90. The zero-order valence-electron chi connectivity index (χ0n) is 10.0. The van der Waals surface area contributed by atoms with Crippen LogP contribution in [0.25, 0.3) is 0 Å². The standard InChI is InChI=1S/C13H20ClN/c1-10-6-5-7-11(14)12(10)15-9-8-13(2,3)4/h5-7,15H,8-9H2,1-4H3. The predicted molar refractivity (Wildman–Crippen MR) is 68.8 cm³/mol. The molecule has 0 spiro atoms. The zero-order chi connectivity index (χ0) is 11.5. The summed E-state index contributed by atoms with van der Waals surface area (Å²) in [6, 6.07) is 5.98. The average molecular weight is 226 g/mol. The van der Waals surface area contributed by atoms with Gasteiger partial charge in [-0.1, -0.05) is 44.5 Å². The lowest BCUT2D eigenvalue weighted by Crippen LogP contribution is -2.13. The number of rotatable bonds is 3. The van der Waals surface area contributed by atoms with Crippen LogP contribution >= 0.6 is 11.6 Å². The molecule has 1 N–H and O–H groups in total. The third-order valence-electron chi connectivity index (χ3n) is 2.40. The fourth-order valence-electron chi connectivity index (χ4n) is 1.42. The number of para-hydroxylation sites is 1. The lowest BCUT2D eigenvalue weighted by Gasteiger charge is -2.19. The molecule has 0 saturated carbocycles. The quantitative estimate of drug-likeness (QED) is 0.799. The molecule has 0 bridgehead atoms. The van der Waals surface area contributed by atoms with E-state index in [4.69, 9.17) is 11.6 Å². The summed E-state index contributed by atoms with van der Waals surface area (Å²) < 4.78 is 0. The van der Waals surface area contributed by atoms with Crippen molar-refractivity contribution in [3.05, 3.63) is 28.8 Å². The van der Waals surface area contributed by atoms with E-state index in [0.717, 1.165) is 23.7 Å². The highest BCUT2D eigenvalue weighted by molar-refractivity contribution is 6.33. The van der Waals surface area contributed by atoms with Gasteiger partial charge in [-0.15, -0.1) is 0 Å². The highest BCUT2D eigenvalue weighted by atomic mass is 35.5. The first kappa shape index (κ1) is 12.4. The predicted octanol–water partition coefficient (Wildman–Crippen LogP) is 4.50. The maximum absolute atomic E-state index is 6.12. The van der Waals surface area contributed by atoms with Crippen LogP contribution in [-0.4, -0.2) is 6.54 Å². The Labute approximate surface area is 97.8 Å². The van der Waals surface area contributed by atoms with Crippen molar-refractivity contribution >= 4 is 17.3 Å². The summed E-state index contributed by atoms with van der Waals surface area (Å²) in [5, 5.41) is 4.21. The Morgan fingerprint density at radius 1 is 1.27 bits per heavy atom. The van der Waals surface area contributed by atoms with Gasteiger partial charge in [0.2, 0.25) is 0 Å². The summed E-state index contributed by atoms with van der Waals surface area (Å²) in [6.07, 6.45) is 1.14. The first-order valence-electron chi connectivity index (χ1n) is 5.39. The molecule has 0 heterocycles. The third-order valence-corrected chi connectivity index (χ3v) is 2.71. The fourth-order valence-corrected chi connectivity index (χ4v) is 1.71. The second-order valence-electron chi connectivity index (χ2n) is 5.17. The van der Waals surface area contributed by atoms with Gasteiger partial charge in [-0.25, -0.2) is 0 Å². The minimum absolute atomic E-state index is 0.363. The Kier molecular flexibility index (Phi) is 4.04. The van der Waals surface area contributed by atoms with E-state index in [0.29, 0.717) is 5.41 Å². The van der Waals surface area contributed by atoms with Gasteiger partial charge in [0, 0.05) is 6.54 Å². The SMILES string of the molecule is Cc1cccc(Cl)c1NCCC(C)(C)C. The lowest BCUT2D eigenvalue weighted by atomic mass is 9.92. The summed E-state index contributed by atoms with van der Waals surface area (Å²) in [4.78, 5) is 0. The van der Waals surface area contributed by atoms with Crippen LogP contribution in [0, 0.1) is 12.3 Å². The molecule has 2 heteroatoms. The monoisotopic (exact) mass is 225 g/mol. The van der Waals surface area contributed by atoms with E-state index in [2.05, 4.69) is 39.1 Å². The van der Waals surface area contributed by atoms with E-state index in [9.17, 15) is 0 Å². The van der Waals surface area contributed by atoms with Crippen LogP contribution in [0.15, 0.2) is 18.2 Å². The summed E-state index contributed by atoms with van der Waals surface area (Å²) in [7, 11) is 0. The van der Waals surface area contributed by atoms with Crippen LogP contribution in [0.1, 0.15) is 32.8 Å². The van der Waals surface area contributed by atoms with E-state index in [1.807, 2.05) is 12.1 Å². The molecule has 1 rings (SSSR count). The van der Waals surface area contributed by atoms with Crippen molar-refractivity contribution in [1.82, 2.24) is 0 Å². The van der Waals surface area contributed by atoms with Crippen molar-refractivity contribution in [2.45, 2.75) is 34.1 Å². The van der Waals surface area contributed by atoms with E-state index < -0.39 is 0 Å². The molecular formula is C13H20ClN. The molecule has 0 fully saturated rings. The van der Waals surface area contributed by atoms with E-state index in [1.54, 1.807) is 0 Å². The normalized spacial score (nSPS) is 11.5. The van der Waals surface area contributed by atoms with E-state index in [-0.39, 0.29) is 0 Å². The summed E-state index contributed by atoms with van der Waals surface area (Å²) in [5.41, 5.74) is 2.64. The second kappa shape index (κ2) is 4.89. The van der Waals surface area contributed by atoms with Crippen LogP contribution in [0.4, 0.5) is 5.69 Å². The maximum Gasteiger partial charge on any atom is 0.0640 e. The summed E-state index contributed by atoms with van der Waals surface area (Å²) >= 11 is 6.12. The minimum atomic E-state index is 0.363. The summed E-state index contributed by atoms with van der Waals surface area (Å²) in [5.74, 6) is 0. The number of aryl methyl sites for hydroxylation is 1. The van der Waals surface area contributed by atoms with Crippen molar-refractivity contribution in [3.63, 3.8) is 0 Å². The molecule has 0 aliphatic rings. The largest absolute Gasteiger partial charge is 0.384 e. The Bertz CT molecular complexity index is 306. The number of anilines is 1. The molecule has 0 aliphatic heterocycles. The molecule has 0 saturated heterocycles. The molecular weight excluding hydrogens is 206 g/mol. The Morgan fingerprint density at radius 3 is 2.47 bits per heavy atom. The van der Waals surface area contributed by atoms with Crippen LogP contribution in [-0.2, 0) is 0 Å². The topological polar surface area (TPSA) is 12.0 Å².